The monoisotopic (exact) mass is 442 g/mol. The Hall–Kier alpha value is -2.96. The molecule has 0 bridgehead atoms. The van der Waals surface area contributed by atoms with Crippen LogP contribution in [0.5, 0.6) is 0 Å². The molecule has 0 fully saturated rings. The lowest BCUT2D eigenvalue weighted by Gasteiger charge is -2.19. The fraction of sp³-hybridized carbons (Fsp3) is 0.182. The maximum Gasteiger partial charge on any atom is 0.327 e. The fourth-order valence-electron chi connectivity index (χ4n) is 2.71. The van der Waals surface area contributed by atoms with Gasteiger partial charge in [0, 0.05) is 5.56 Å². The Kier molecular flexibility index (Phi) is 6.39. The van der Waals surface area contributed by atoms with E-state index < -0.39 is 11.9 Å². The topological polar surface area (TPSA) is 84.0 Å². The van der Waals surface area contributed by atoms with Crippen LogP contribution in [0.25, 0.3) is 11.3 Å². The van der Waals surface area contributed by atoms with Crippen LogP contribution < -0.4 is 10.6 Å². The Labute approximate surface area is 184 Å². The molecule has 30 heavy (non-hydrogen) atoms. The second kappa shape index (κ2) is 8.81. The van der Waals surface area contributed by atoms with Crippen molar-refractivity contribution in [3.8, 4) is 11.3 Å². The van der Waals surface area contributed by atoms with Gasteiger partial charge in [0.05, 0.1) is 33.7 Å². The van der Waals surface area contributed by atoms with Gasteiger partial charge in [-0.3, -0.25) is 20.4 Å². The van der Waals surface area contributed by atoms with Crippen LogP contribution in [0.1, 0.15) is 36.7 Å². The lowest BCUT2D eigenvalue weighted by Crippen LogP contribution is -2.35. The van der Waals surface area contributed by atoms with E-state index in [9.17, 15) is 9.59 Å². The molecular weight excluding hydrogens is 423 g/mol. The Morgan fingerprint density at radius 3 is 2.07 bits per heavy atom. The zero-order valence-electron chi connectivity index (χ0n) is 16.7. The van der Waals surface area contributed by atoms with Crippen LogP contribution in [0, 0.1) is 0 Å². The van der Waals surface area contributed by atoms with E-state index in [0.717, 1.165) is 5.56 Å². The van der Waals surface area contributed by atoms with E-state index in [2.05, 4.69) is 53.5 Å². The van der Waals surface area contributed by atoms with Gasteiger partial charge in [0.1, 0.15) is 0 Å². The Morgan fingerprint density at radius 1 is 0.900 bits per heavy atom. The fourth-order valence-corrected chi connectivity index (χ4v) is 3.28. The van der Waals surface area contributed by atoms with Crippen LogP contribution in [0.3, 0.4) is 0 Å². The molecule has 1 heterocycles. The van der Waals surface area contributed by atoms with Crippen molar-refractivity contribution in [1.29, 1.82) is 0 Å². The number of rotatable bonds is 3. The van der Waals surface area contributed by atoms with Crippen molar-refractivity contribution in [1.82, 2.24) is 15.3 Å². The molecule has 2 aromatic carbocycles. The minimum atomic E-state index is -0.771. The van der Waals surface area contributed by atoms with Gasteiger partial charge >= 0.3 is 6.03 Å². The highest BCUT2D eigenvalue weighted by Crippen LogP contribution is 2.26. The van der Waals surface area contributed by atoms with Gasteiger partial charge in [-0.05, 0) is 23.1 Å². The van der Waals surface area contributed by atoms with Crippen LogP contribution in [0.4, 0.5) is 10.6 Å². The molecule has 8 heteroatoms. The molecule has 0 aliphatic heterocycles. The molecule has 1 aromatic heterocycles. The molecule has 0 saturated heterocycles. The molecule has 6 nitrogen and oxygen atoms in total. The highest BCUT2D eigenvalue weighted by molar-refractivity contribution is 6.40. The summed E-state index contributed by atoms with van der Waals surface area (Å²) < 4.78 is 0. The SMILES string of the molecule is CC(C)(C)c1ccc(-c2cnc(NC(=O)NC(=O)c3c(Cl)cccc3Cl)cn2)cc1. The number of aromatic nitrogens is 2. The van der Waals surface area contributed by atoms with Crippen molar-refractivity contribution >= 4 is 41.0 Å². The number of carbonyl (C=O) groups is 2. The van der Waals surface area contributed by atoms with Crippen molar-refractivity contribution in [2.75, 3.05) is 5.32 Å². The largest absolute Gasteiger partial charge is 0.327 e. The maximum atomic E-state index is 12.2. The average Bonchev–Trinajstić information content (AvgIpc) is 2.68. The van der Waals surface area contributed by atoms with Crippen molar-refractivity contribution < 1.29 is 9.59 Å². The number of carbonyl (C=O) groups excluding carboxylic acids is 2. The summed E-state index contributed by atoms with van der Waals surface area (Å²) in [7, 11) is 0. The summed E-state index contributed by atoms with van der Waals surface area (Å²) >= 11 is 12.0. The molecule has 3 amide bonds. The van der Waals surface area contributed by atoms with Gasteiger partial charge < -0.3 is 0 Å². The van der Waals surface area contributed by atoms with Crippen LogP contribution in [0.2, 0.25) is 10.0 Å². The van der Waals surface area contributed by atoms with Gasteiger partial charge in [0.25, 0.3) is 5.91 Å². The van der Waals surface area contributed by atoms with E-state index in [1.165, 1.54) is 23.9 Å². The smallest absolute Gasteiger partial charge is 0.291 e. The minimum Gasteiger partial charge on any atom is -0.291 e. The van der Waals surface area contributed by atoms with Gasteiger partial charge in [-0.25, -0.2) is 9.78 Å². The number of hydrogen-bond donors (Lipinski definition) is 2. The number of urea groups is 1. The minimum absolute atomic E-state index is 0.0242. The number of imide groups is 1. The Bertz CT molecular complexity index is 1060. The zero-order valence-corrected chi connectivity index (χ0v) is 18.2. The standard InChI is InChI=1S/C22H20Cl2N4O2/c1-22(2,3)14-9-7-13(8-10-14)17-11-26-18(12-25-17)27-21(30)28-20(29)19-15(23)5-4-6-16(19)24/h4-12H,1-3H3,(H2,26,27,28,29,30). The van der Waals surface area contributed by atoms with Crippen LogP contribution in [-0.4, -0.2) is 21.9 Å². The molecular formula is C22H20Cl2N4O2. The van der Waals surface area contributed by atoms with E-state index in [4.69, 9.17) is 23.2 Å². The lowest BCUT2D eigenvalue weighted by atomic mass is 9.86. The van der Waals surface area contributed by atoms with Gasteiger partial charge in [0.2, 0.25) is 0 Å². The number of anilines is 1. The van der Waals surface area contributed by atoms with Crippen LogP contribution in [0.15, 0.2) is 54.9 Å². The van der Waals surface area contributed by atoms with Crippen LogP contribution >= 0.6 is 23.2 Å². The summed E-state index contributed by atoms with van der Waals surface area (Å²) in [6, 6.07) is 11.9. The second-order valence-electron chi connectivity index (χ2n) is 7.62. The molecule has 0 atom stereocenters. The molecule has 154 valence electrons. The highest BCUT2D eigenvalue weighted by atomic mass is 35.5. The van der Waals surface area contributed by atoms with E-state index in [1.54, 1.807) is 12.3 Å². The number of nitrogens with one attached hydrogen (secondary N) is 2. The highest BCUT2D eigenvalue weighted by Gasteiger charge is 2.17. The summed E-state index contributed by atoms with van der Waals surface area (Å²) in [6.07, 6.45) is 2.97. The maximum absolute atomic E-state index is 12.2. The third-order valence-corrected chi connectivity index (χ3v) is 4.99. The number of benzene rings is 2. The van der Waals surface area contributed by atoms with Crippen molar-refractivity contribution in [3.63, 3.8) is 0 Å². The third kappa shape index (κ3) is 5.14. The molecule has 0 radical (unpaired) electrons. The lowest BCUT2D eigenvalue weighted by molar-refractivity contribution is 0.0967. The van der Waals surface area contributed by atoms with Crippen molar-refractivity contribution in [3.05, 3.63) is 76.0 Å². The molecule has 0 saturated carbocycles. The average molecular weight is 443 g/mol. The number of hydrogen-bond acceptors (Lipinski definition) is 4. The molecule has 3 aromatic rings. The number of halogens is 2. The summed E-state index contributed by atoms with van der Waals surface area (Å²) in [5.74, 6) is -0.521. The first-order chi connectivity index (χ1) is 14.1. The van der Waals surface area contributed by atoms with E-state index in [0.29, 0.717) is 5.69 Å². The molecule has 2 N–H and O–H groups in total. The summed E-state index contributed by atoms with van der Waals surface area (Å²) in [5.41, 5.74) is 2.89. The predicted octanol–water partition coefficient (Wildman–Crippen LogP) is 5.71. The zero-order chi connectivity index (χ0) is 21.9. The third-order valence-electron chi connectivity index (χ3n) is 4.36. The second-order valence-corrected chi connectivity index (χ2v) is 8.43. The van der Waals surface area contributed by atoms with Gasteiger partial charge in [0.15, 0.2) is 5.82 Å². The molecule has 3 rings (SSSR count). The number of amides is 3. The molecule has 0 aliphatic carbocycles. The van der Waals surface area contributed by atoms with E-state index in [1.807, 2.05) is 12.1 Å². The van der Waals surface area contributed by atoms with Gasteiger partial charge in [-0.2, -0.15) is 0 Å². The quantitative estimate of drug-likeness (QED) is 0.543. The Balaban J connectivity index is 1.65. The van der Waals surface area contributed by atoms with Crippen molar-refractivity contribution in [2.45, 2.75) is 26.2 Å². The predicted molar refractivity (Wildman–Crippen MR) is 119 cm³/mol. The van der Waals surface area contributed by atoms with E-state index >= 15 is 0 Å². The number of nitrogens with zero attached hydrogens (tertiary/aromatic N) is 2. The summed E-state index contributed by atoms with van der Waals surface area (Å²) in [6.45, 7) is 6.45. The van der Waals surface area contributed by atoms with Gasteiger partial charge in [-0.1, -0.05) is 74.3 Å². The summed E-state index contributed by atoms with van der Waals surface area (Å²) in [4.78, 5) is 32.9. The van der Waals surface area contributed by atoms with E-state index in [-0.39, 0.29) is 26.8 Å². The molecule has 0 aliphatic rings. The first kappa shape index (κ1) is 21.7. The molecule has 0 unspecified atom stereocenters. The van der Waals surface area contributed by atoms with Crippen molar-refractivity contribution in [2.24, 2.45) is 0 Å². The Morgan fingerprint density at radius 2 is 1.53 bits per heavy atom. The first-order valence-electron chi connectivity index (χ1n) is 9.14. The van der Waals surface area contributed by atoms with Gasteiger partial charge in [-0.15, -0.1) is 0 Å². The normalized spacial score (nSPS) is 11.1. The molecule has 0 spiro atoms. The van der Waals surface area contributed by atoms with Crippen LogP contribution in [-0.2, 0) is 5.41 Å². The summed E-state index contributed by atoms with van der Waals surface area (Å²) in [5, 5.41) is 4.92. The first-order valence-corrected chi connectivity index (χ1v) is 9.90.